The molecule has 8 heteroatoms. The molecule has 184 valence electrons. The van der Waals surface area contributed by atoms with Crippen LogP contribution in [0.4, 0.5) is 5.69 Å². The monoisotopic (exact) mass is 493 g/mol. The predicted octanol–water partition coefficient (Wildman–Crippen LogP) is 3.61. The summed E-state index contributed by atoms with van der Waals surface area (Å²) in [6, 6.07) is 23.7. The number of nitrogens with zero attached hydrogens (tertiary/aromatic N) is 2. The van der Waals surface area contributed by atoms with Crippen molar-refractivity contribution in [1.29, 1.82) is 0 Å². The molecule has 2 amide bonds. The standard InChI is InChI=1S/C27H31N3O4S/c1-4-23-15-11-12-18-25(23)30(35(33,34)24-16-9-6-10-17-24)20-26(31)29(21(2)27(32)28-3)19-22-13-7-5-8-14-22/h5-18,21H,4,19-20H2,1-3H3,(H,28,32)/t21-/m1/s1. The predicted molar refractivity (Wildman–Crippen MR) is 137 cm³/mol. The fraction of sp³-hybridized carbons (Fsp3) is 0.259. The van der Waals surface area contributed by atoms with Crippen molar-refractivity contribution in [2.45, 2.75) is 37.8 Å². The minimum Gasteiger partial charge on any atom is -0.357 e. The van der Waals surface area contributed by atoms with Crippen LogP contribution < -0.4 is 9.62 Å². The molecule has 0 aliphatic heterocycles. The molecule has 7 nitrogen and oxygen atoms in total. The Morgan fingerprint density at radius 3 is 2.06 bits per heavy atom. The summed E-state index contributed by atoms with van der Waals surface area (Å²) in [6.45, 7) is 3.30. The SMILES string of the molecule is CCc1ccccc1N(CC(=O)N(Cc1ccccc1)[C@H](C)C(=O)NC)S(=O)(=O)c1ccccc1. The molecule has 0 aliphatic rings. The number of aryl methyl sites for hydroxylation is 1. The fourth-order valence-corrected chi connectivity index (χ4v) is 5.33. The lowest BCUT2D eigenvalue weighted by Gasteiger charge is -2.32. The van der Waals surface area contributed by atoms with E-state index in [0.29, 0.717) is 12.1 Å². The molecule has 0 aromatic heterocycles. The van der Waals surface area contributed by atoms with Crippen molar-refractivity contribution in [1.82, 2.24) is 10.2 Å². The number of amides is 2. The normalized spacial score (nSPS) is 12.0. The van der Waals surface area contributed by atoms with Crippen molar-refractivity contribution in [2.75, 3.05) is 17.9 Å². The Morgan fingerprint density at radius 2 is 1.46 bits per heavy atom. The van der Waals surface area contributed by atoms with Crippen LogP contribution in [0.2, 0.25) is 0 Å². The molecule has 0 radical (unpaired) electrons. The van der Waals surface area contributed by atoms with Gasteiger partial charge in [-0.15, -0.1) is 0 Å². The van der Waals surface area contributed by atoms with E-state index in [2.05, 4.69) is 5.32 Å². The summed E-state index contributed by atoms with van der Waals surface area (Å²) < 4.78 is 28.7. The molecule has 0 unspecified atom stereocenters. The molecule has 0 aliphatic carbocycles. The van der Waals surface area contributed by atoms with Gasteiger partial charge in [0, 0.05) is 13.6 Å². The van der Waals surface area contributed by atoms with E-state index in [0.717, 1.165) is 15.4 Å². The van der Waals surface area contributed by atoms with Gasteiger partial charge in [0.1, 0.15) is 12.6 Å². The van der Waals surface area contributed by atoms with Crippen molar-refractivity contribution < 1.29 is 18.0 Å². The second-order valence-corrected chi connectivity index (χ2v) is 9.97. The van der Waals surface area contributed by atoms with Gasteiger partial charge in [0.2, 0.25) is 11.8 Å². The molecule has 35 heavy (non-hydrogen) atoms. The molecule has 1 atom stereocenters. The summed E-state index contributed by atoms with van der Waals surface area (Å²) in [5.74, 6) is -0.809. The quantitative estimate of drug-likeness (QED) is 0.468. The largest absolute Gasteiger partial charge is 0.357 e. The number of para-hydroxylation sites is 1. The summed E-state index contributed by atoms with van der Waals surface area (Å²) >= 11 is 0. The van der Waals surface area contributed by atoms with Crippen molar-refractivity contribution >= 4 is 27.5 Å². The molecule has 0 saturated carbocycles. The number of carbonyl (C=O) groups excluding carboxylic acids is 2. The fourth-order valence-electron chi connectivity index (χ4n) is 3.86. The summed E-state index contributed by atoms with van der Waals surface area (Å²) in [7, 11) is -2.55. The number of likely N-dealkylation sites (N-methyl/N-ethyl adjacent to an activating group) is 1. The smallest absolute Gasteiger partial charge is 0.264 e. The number of rotatable bonds is 10. The lowest BCUT2D eigenvalue weighted by atomic mass is 10.1. The van der Waals surface area contributed by atoms with E-state index in [1.165, 1.54) is 24.1 Å². The van der Waals surface area contributed by atoms with Crippen LogP contribution in [0.3, 0.4) is 0 Å². The van der Waals surface area contributed by atoms with Crippen molar-refractivity contribution in [3.63, 3.8) is 0 Å². The number of hydrogen-bond donors (Lipinski definition) is 1. The van der Waals surface area contributed by atoms with Gasteiger partial charge in [-0.2, -0.15) is 0 Å². The highest BCUT2D eigenvalue weighted by molar-refractivity contribution is 7.92. The Morgan fingerprint density at radius 1 is 0.886 bits per heavy atom. The number of carbonyl (C=O) groups is 2. The average molecular weight is 494 g/mol. The van der Waals surface area contributed by atoms with E-state index in [4.69, 9.17) is 0 Å². The summed E-state index contributed by atoms with van der Waals surface area (Å²) in [5, 5.41) is 2.58. The van der Waals surface area contributed by atoms with Crippen LogP contribution in [0.1, 0.15) is 25.0 Å². The van der Waals surface area contributed by atoms with Gasteiger partial charge >= 0.3 is 0 Å². The molecular formula is C27H31N3O4S. The van der Waals surface area contributed by atoms with Gasteiger partial charge in [0.25, 0.3) is 10.0 Å². The van der Waals surface area contributed by atoms with Crippen LogP contribution in [-0.4, -0.2) is 44.8 Å². The first-order valence-corrected chi connectivity index (χ1v) is 12.9. The molecule has 0 fully saturated rings. The highest BCUT2D eigenvalue weighted by Gasteiger charge is 2.32. The van der Waals surface area contributed by atoms with Crippen LogP contribution in [0, 0.1) is 0 Å². The van der Waals surface area contributed by atoms with Gasteiger partial charge < -0.3 is 10.2 Å². The molecule has 0 saturated heterocycles. The Hall–Kier alpha value is -3.65. The van der Waals surface area contributed by atoms with E-state index in [1.807, 2.05) is 49.4 Å². The molecule has 3 rings (SSSR count). The van der Waals surface area contributed by atoms with Gasteiger partial charge in [-0.1, -0.05) is 73.7 Å². The minimum absolute atomic E-state index is 0.0904. The molecular weight excluding hydrogens is 462 g/mol. The van der Waals surface area contributed by atoms with Gasteiger partial charge in [-0.05, 0) is 42.7 Å². The maximum atomic E-state index is 13.8. The first-order chi connectivity index (χ1) is 16.8. The van der Waals surface area contributed by atoms with Gasteiger partial charge in [-0.25, -0.2) is 8.42 Å². The minimum atomic E-state index is -4.05. The molecule has 0 heterocycles. The van der Waals surface area contributed by atoms with Crippen molar-refractivity contribution in [3.8, 4) is 0 Å². The Bertz CT molecular complexity index is 1250. The van der Waals surface area contributed by atoms with E-state index in [1.54, 1.807) is 37.3 Å². The van der Waals surface area contributed by atoms with Crippen molar-refractivity contribution in [2.24, 2.45) is 0 Å². The maximum Gasteiger partial charge on any atom is 0.264 e. The molecule has 3 aromatic carbocycles. The van der Waals surface area contributed by atoms with E-state index >= 15 is 0 Å². The van der Waals surface area contributed by atoms with E-state index in [9.17, 15) is 18.0 Å². The Balaban J connectivity index is 2.05. The lowest BCUT2D eigenvalue weighted by molar-refractivity contribution is -0.139. The highest BCUT2D eigenvalue weighted by atomic mass is 32.2. The highest BCUT2D eigenvalue weighted by Crippen LogP contribution is 2.28. The number of hydrogen-bond acceptors (Lipinski definition) is 4. The zero-order chi connectivity index (χ0) is 25.4. The zero-order valence-corrected chi connectivity index (χ0v) is 21.0. The molecule has 3 aromatic rings. The first-order valence-electron chi connectivity index (χ1n) is 11.5. The van der Waals surface area contributed by atoms with Crippen molar-refractivity contribution in [3.05, 3.63) is 96.1 Å². The van der Waals surface area contributed by atoms with Crippen LogP contribution in [0.25, 0.3) is 0 Å². The van der Waals surface area contributed by atoms with Crippen LogP contribution >= 0.6 is 0 Å². The van der Waals surface area contributed by atoms with E-state index < -0.39 is 28.5 Å². The third kappa shape index (κ3) is 6.08. The second-order valence-electron chi connectivity index (χ2n) is 8.10. The average Bonchev–Trinajstić information content (AvgIpc) is 2.90. The second kappa shape index (κ2) is 11.7. The molecule has 0 spiro atoms. The maximum absolute atomic E-state index is 13.8. The van der Waals surface area contributed by atoms with Gasteiger partial charge in [0.05, 0.1) is 10.6 Å². The third-order valence-electron chi connectivity index (χ3n) is 5.86. The van der Waals surface area contributed by atoms with Gasteiger partial charge in [-0.3, -0.25) is 13.9 Å². The van der Waals surface area contributed by atoms with Crippen LogP contribution in [0.15, 0.2) is 89.8 Å². The Kier molecular flexibility index (Phi) is 8.65. The first kappa shape index (κ1) is 26.0. The van der Waals surface area contributed by atoms with Gasteiger partial charge in [0.15, 0.2) is 0 Å². The number of sulfonamides is 1. The van der Waals surface area contributed by atoms with E-state index in [-0.39, 0.29) is 17.3 Å². The number of benzene rings is 3. The number of anilines is 1. The third-order valence-corrected chi connectivity index (χ3v) is 7.63. The summed E-state index contributed by atoms with van der Waals surface area (Å²) in [5.41, 5.74) is 2.08. The van der Waals surface area contributed by atoms with Crippen LogP contribution in [0.5, 0.6) is 0 Å². The number of nitrogens with one attached hydrogen (secondary N) is 1. The lowest BCUT2D eigenvalue weighted by Crippen LogP contribution is -2.50. The topological polar surface area (TPSA) is 86.8 Å². The molecule has 0 bridgehead atoms. The molecule has 1 N–H and O–H groups in total. The Labute approximate surface area is 207 Å². The van der Waals surface area contributed by atoms with Crippen LogP contribution in [-0.2, 0) is 32.6 Å². The summed E-state index contributed by atoms with van der Waals surface area (Å²) in [4.78, 5) is 27.7. The summed E-state index contributed by atoms with van der Waals surface area (Å²) in [6.07, 6.45) is 0.591. The zero-order valence-electron chi connectivity index (χ0n) is 20.2.